The first kappa shape index (κ1) is 28.2. The van der Waals surface area contributed by atoms with Crippen LogP contribution in [0.3, 0.4) is 0 Å². The van der Waals surface area contributed by atoms with Gasteiger partial charge in [-0.3, -0.25) is 4.99 Å². The molecule has 0 bridgehead atoms. The van der Waals surface area contributed by atoms with Crippen LogP contribution in [-0.4, -0.2) is 57.1 Å². The fraction of sp³-hybridized carbons (Fsp3) is 0.731. The number of guanidine groups is 1. The van der Waals surface area contributed by atoms with Gasteiger partial charge in [0, 0.05) is 44.9 Å². The van der Waals surface area contributed by atoms with Crippen molar-refractivity contribution < 1.29 is 14.6 Å². The fourth-order valence-electron chi connectivity index (χ4n) is 5.27. The van der Waals surface area contributed by atoms with Gasteiger partial charge >= 0.3 is 0 Å². The van der Waals surface area contributed by atoms with Crippen molar-refractivity contribution in [3.05, 3.63) is 29.8 Å². The minimum Gasteiger partial charge on any atom is -0.494 e. The fourth-order valence-corrected chi connectivity index (χ4v) is 5.27. The molecule has 0 amide bonds. The van der Waals surface area contributed by atoms with Crippen molar-refractivity contribution in [3.63, 3.8) is 0 Å². The molecule has 6 nitrogen and oxygen atoms in total. The lowest BCUT2D eigenvalue weighted by Crippen LogP contribution is -2.48. The molecule has 2 aliphatic rings. The van der Waals surface area contributed by atoms with Gasteiger partial charge in [0.15, 0.2) is 5.96 Å². The van der Waals surface area contributed by atoms with Crippen molar-refractivity contribution in [3.8, 4) is 5.75 Å². The highest BCUT2D eigenvalue weighted by Gasteiger charge is 2.35. The van der Waals surface area contributed by atoms with Gasteiger partial charge in [-0.25, -0.2) is 0 Å². The zero-order valence-corrected chi connectivity index (χ0v) is 22.9. The third-order valence-electron chi connectivity index (χ3n) is 7.29. The SMILES string of the molecule is CCNC(=NCC1(CCO)CCCCC1)NCC1(c2ccc(OCC)cc2)CCOCC1.I. The summed E-state index contributed by atoms with van der Waals surface area (Å²) in [5, 5.41) is 16.7. The van der Waals surface area contributed by atoms with E-state index in [2.05, 4.69) is 41.8 Å². The summed E-state index contributed by atoms with van der Waals surface area (Å²) in [5.74, 6) is 1.80. The molecule has 188 valence electrons. The van der Waals surface area contributed by atoms with Gasteiger partial charge in [0.2, 0.25) is 0 Å². The second-order valence-electron chi connectivity index (χ2n) is 9.43. The number of aliphatic imine (C=N–C) groups is 1. The third kappa shape index (κ3) is 7.99. The van der Waals surface area contributed by atoms with Crippen molar-refractivity contribution in [2.75, 3.05) is 46.1 Å². The Morgan fingerprint density at radius 1 is 1.03 bits per heavy atom. The predicted molar refractivity (Wildman–Crippen MR) is 146 cm³/mol. The lowest BCUT2D eigenvalue weighted by atomic mass is 9.72. The van der Waals surface area contributed by atoms with Crippen LogP contribution in [0.25, 0.3) is 0 Å². The first-order valence-corrected chi connectivity index (χ1v) is 12.6. The molecule has 33 heavy (non-hydrogen) atoms. The number of hydrogen-bond acceptors (Lipinski definition) is 4. The number of benzene rings is 1. The van der Waals surface area contributed by atoms with E-state index < -0.39 is 0 Å². The average molecular weight is 574 g/mol. The quantitative estimate of drug-likeness (QED) is 0.216. The van der Waals surface area contributed by atoms with Crippen LogP contribution in [0, 0.1) is 5.41 Å². The highest BCUT2D eigenvalue weighted by atomic mass is 127. The number of nitrogens with zero attached hydrogens (tertiary/aromatic N) is 1. The predicted octanol–water partition coefficient (Wildman–Crippen LogP) is 4.64. The molecule has 1 saturated carbocycles. The molecule has 1 aromatic carbocycles. The van der Waals surface area contributed by atoms with E-state index in [1.807, 2.05) is 6.92 Å². The molecule has 1 aromatic rings. The van der Waals surface area contributed by atoms with Gasteiger partial charge in [0.05, 0.1) is 6.61 Å². The molecule has 1 heterocycles. The number of rotatable bonds is 10. The molecule has 2 fully saturated rings. The Hall–Kier alpha value is -1.06. The molecule has 3 rings (SSSR count). The van der Waals surface area contributed by atoms with E-state index in [1.54, 1.807) is 0 Å². The van der Waals surface area contributed by atoms with Crippen LogP contribution in [0.15, 0.2) is 29.3 Å². The summed E-state index contributed by atoms with van der Waals surface area (Å²) in [6.45, 7) is 9.05. The Balaban J connectivity index is 0.00000385. The minimum atomic E-state index is 0. The topological polar surface area (TPSA) is 75.1 Å². The number of aliphatic hydroxyl groups excluding tert-OH is 1. The molecule has 3 N–H and O–H groups in total. The van der Waals surface area contributed by atoms with Gasteiger partial charge in [-0.15, -0.1) is 24.0 Å². The Bertz CT molecular complexity index is 694. The molecule has 0 aromatic heterocycles. The zero-order valence-electron chi connectivity index (χ0n) is 20.5. The first-order valence-electron chi connectivity index (χ1n) is 12.6. The number of halogens is 1. The molecule has 7 heteroatoms. The van der Waals surface area contributed by atoms with E-state index in [9.17, 15) is 5.11 Å². The standard InChI is InChI=1S/C26H43N3O3.HI/c1-3-27-24(28-20-25(14-17-30)12-6-5-7-13-25)29-21-26(15-18-31-19-16-26)22-8-10-23(11-9-22)32-4-2;/h8-11,30H,3-7,12-21H2,1-2H3,(H2,27,28,29);1H. The summed E-state index contributed by atoms with van der Waals surface area (Å²) in [4.78, 5) is 5.01. The van der Waals surface area contributed by atoms with Gasteiger partial charge in [-0.05, 0) is 69.1 Å². The van der Waals surface area contributed by atoms with Crippen LogP contribution in [0.2, 0.25) is 0 Å². The Kier molecular flexibility index (Phi) is 12.3. The summed E-state index contributed by atoms with van der Waals surface area (Å²) in [5.41, 5.74) is 1.50. The van der Waals surface area contributed by atoms with Crippen LogP contribution in [0.4, 0.5) is 0 Å². The average Bonchev–Trinajstić information content (AvgIpc) is 2.83. The van der Waals surface area contributed by atoms with Crippen molar-refractivity contribution in [2.24, 2.45) is 10.4 Å². The zero-order chi connectivity index (χ0) is 22.7. The minimum absolute atomic E-state index is 0. The maximum Gasteiger partial charge on any atom is 0.191 e. The maximum atomic E-state index is 9.64. The van der Waals surface area contributed by atoms with Crippen molar-refractivity contribution in [2.45, 2.75) is 70.6 Å². The van der Waals surface area contributed by atoms with E-state index >= 15 is 0 Å². The molecule has 0 radical (unpaired) electrons. The number of ether oxygens (including phenoxy) is 2. The third-order valence-corrected chi connectivity index (χ3v) is 7.29. The van der Waals surface area contributed by atoms with Gasteiger partial charge in [0.1, 0.15) is 5.75 Å². The Labute approximate surface area is 217 Å². The molecule has 0 spiro atoms. The van der Waals surface area contributed by atoms with E-state index in [0.29, 0.717) is 6.61 Å². The van der Waals surface area contributed by atoms with Crippen molar-refractivity contribution in [1.29, 1.82) is 0 Å². The highest BCUT2D eigenvalue weighted by molar-refractivity contribution is 14.0. The van der Waals surface area contributed by atoms with E-state index in [4.69, 9.17) is 14.5 Å². The summed E-state index contributed by atoms with van der Waals surface area (Å²) in [6.07, 6.45) is 8.98. The molecule has 1 saturated heterocycles. The number of aliphatic hydroxyl groups is 1. The molecule has 1 aliphatic heterocycles. The first-order chi connectivity index (χ1) is 15.7. The second kappa shape index (κ2) is 14.4. The molecular weight excluding hydrogens is 529 g/mol. The summed E-state index contributed by atoms with van der Waals surface area (Å²) >= 11 is 0. The molecular formula is C26H44IN3O3. The second-order valence-corrected chi connectivity index (χ2v) is 9.43. The Morgan fingerprint density at radius 3 is 2.33 bits per heavy atom. The molecule has 0 unspecified atom stereocenters. The van der Waals surface area contributed by atoms with Crippen LogP contribution >= 0.6 is 24.0 Å². The smallest absolute Gasteiger partial charge is 0.191 e. The van der Waals surface area contributed by atoms with Gasteiger partial charge in [0.25, 0.3) is 0 Å². The van der Waals surface area contributed by atoms with Crippen molar-refractivity contribution >= 4 is 29.9 Å². The van der Waals surface area contributed by atoms with Gasteiger partial charge in [-0.1, -0.05) is 31.4 Å². The van der Waals surface area contributed by atoms with E-state index in [0.717, 1.165) is 63.8 Å². The van der Waals surface area contributed by atoms with Crippen LogP contribution in [0.5, 0.6) is 5.75 Å². The summed E-state index contributed by atoms with van der Waals surface area (Å²) in [6, 6.07) is 8.58. The number of nitrogens with one attached hydrogen (secondary N) is 2. The lowest BCUT2D eigenvalue weighted by Gasteiger charge is -2.39. The van der Waals surface area contributed by atoms with Crippen molar-refractivity contribution in [1.82, 2.24) is 10.6 Å². The van der Waals surface area contributed by atoms with Crippen LogP contribution in [0.1, 0.15) is 70.8 Å². The monoisotopic (exact) mass is 573 g/mol. The summed E-state index contributed by atoms with van der Waals surface area (Å²) in [7, 11) is 0. The van der Waals surface area contributed by atoms with Crippen LogP contribution in [-0.2, 0) is 10.2 Å². The lowest BCUT2D eigenvalue weighted by molar-refractivity contribution is 0.0513. The normalized spacial score (nSPS) is 19.9. The molecule has 0 atom stereocenters. The Morgan fingerprint density at radius 2 is 1.73 bits per heavy atom. The number of hydrogen-bond donors (Lipinski definition) is 3. The largest absolute Gasteiger partial charge is 0.494 e. The maximum absolute atomic E-state index is 9.64. The highest BCUT2D eigenvalue weighted by Crippen LogP contribution is 2.39. The van der Waals surface area contributed by atoms with Gasteiger partial charge in [-0.2, -0.15) is 0 Å². The van der Waals surface area contributed by atoms with E-state index in [-0.39, 0.29) is 41.4 Å². The van der Waals surface area contributed by atoms with Crippen LogP contribution < -0.4 is 15.4 Å². The molecule has 1 aliphatic carbocycles. The van der Waals surface area contributed by atoms with Gasteiger partial charge < -0.3 is 25.2 Å². The van der Waals surface area contributed by atoms with E-state index in [1.165, 1.54) is 37.7 Å². The summed E-state index contributed by atoms with van der Waals surface area (Å²) < 4.78 is 11.4.